The van der Waals surface area contributed by atoms with E-state index < -0.39 is 0 Å². The van der Waals surface area contributed by atoms with Crippen molar-refractivity contribution < 1.29 is 4.79 Å². The lowest BCUT2D eigenvalue weighted by molar-refractivity contribution is -0.126. The van der Waals surface area contributed by atoms with E-state index in [4.69, 9.17) is 11.6 Å². The second kappa shape index (κ2) is 5.47. The van der Waals surface area contributed by atoms with Gasteiger partial charge in [-0.05, 0) is 37.4 Å². The molecule has 2 N–H and O–H groups in total. The van der Waals surface area contributed by atoms with Crippen LogP contribution in [-0.2, 0) is 4.79 Å². The summed E-state index contributed by atoms with van der Waals surface area (Å²) in [7, 11) is 0. The third-order valence-electron chi connectivity index (χ3n) is 4.02. The molecule has 0 radical (unpaired) electrons. The first-order valence-corrected chi connectivity index (χ1v) is 6.98. The molecule has 1 atom stereocenters. The number of aromatic nitrogens is 1. The molecule has 1 amide bonds. The Kier molecular flexibility index (Phi) is 4.11. The highest BCUT2D eigenvalue weighted by molar-refractivity contribution is 6.30. The molecule has 1 aliphatic rings. The first-order valence-electron chi connectivity index (χ1n) is 6.60. The van der Waals surface area contributed by atoms with Crippen LogP contribution in [0.2, 0.25) is 5.15 Å². The number of carbonyl (C=O) groups is 1. The number of amides is 1. The second-order valence-corrected chi connectivity index (χ2v) is 5.88. The average Bonchev–Trinajstić information content (AvgIpc) is 2.84. The number of halogens is 1. The quantitative estimate of drug-likeness (QED) is 0.838. The summed E-state index contributed by atoms with van der Waals surface area (Å²) >= 11 is 5.89. The fourth-order valence-corrected chi connectivity index (χ4v) is 2.65. The van der Waals surface area contributed by atoms with Gasteiger partial charge in [0.1, 0.15) is 5.15 Å². The van der Waals surface area contributed by atoms with Gasteiger partial charge in [-0.1, -0.05) is 25.4 Å². The molecule has 2 heterocycles. The predicted molar refractivity (Wildman–Crippen MR) is 77.4 cm³/mol. The second-order valence-electron chi connectivity index (χ2n) is 5.52. The molecular formula is C14H20ClN3O. The number of nitrogens with one attached hydrogen (secondary N) is 2. The number of aryl methyl sites for hydroxylation is 1. The monoisotopic (exact) mass is 281 g/mol. The molecule has 1 aromatic heterocycles. The van der Waals surface area contributed by atoms with Crippen molar-refractivity contribution in [2.75, 3.05) is 18.4 Å². The molecule has 2 rings (SSSR count). The van der Waals surface area contributed by atoms with Gasteiger partial charge < -0.3 is 10.6 Å². The lowest BCUT2D eigenvalue weighted by Crippen LogP contribution is -2.42. The summed E-state index contributed by atoms with van der Waals surface area (Å²) in [5.41, 5.74) is 1.24. The zero-order chi connectivity index (χ0) is 14.0. The number of anilines is 1. The van der Waals surface area contributed by atoms with Crippen molar-refractivity contribution in [1.82, 2.24) is 10.3 Å². The van der Waals surface area contributed by atoms with Crippen LogP contribution < -0.4 is 10.6 Å². The summed E-state index contributed by atoms with van der Waals surface area (Å²) in [6.07, 6.45) is 2.47. The number of rotatable bonds is 3. The molecule has 1 saturated heterocycles. The van der Waals surface area contributed by atoms with Crippen molar-refractivity contribution in [3.8, 4) is 0 Å². The molecule has 0 aromatic carbocycles. The maximum atomic E-state index is 12.6. The zero-order valence-electron chi connectivity index (χ0n) is 11.6. The lowest BCUT2D eigenvalue weighted by atomic mass is 9.75. The first-order chi connectivity index (χ1) is 8.95. The predicted octanol–water partition coefficient (Wildman–Crippen LogP) is 2.62. The Bertz CT molecular complexity index is 482. The minimum atomic E-state index is -0.326. The third kappa shape index (κ3) is 2.74. The van der Waals surface area contributed by atoms with Crippen molar-refractivity contribution in [3.05, 3.63) is 23.0 Å². The molecule has 0 aliphatic carbocycles. The van der Waals surface area contributed by atoms with E-state index in [9.17, 15) is 4.79 Å². The van der Waals surface area contributed by atoms with Gasteiger partial charge in [0, 0.05) is 6.54 Å². The number of hydrogen-bond acceptors (Lipinski definition) is 3. The maximum absolute atomic E-state index is 12.6. The summed E-state index contributed by atoms with van der Waals surface area (Å²) in [5, 5.41) is 6.73. The molecule has 19 heavy (non-hydrogen) atoms. The van der Waals surface area contributed by atoms with E-state index in [2.05, 4.69) is 29.5 Å². The molecule has 1 aromatic rings. The van der Waals surface area contributed by atoms with Crippen molar-refractivity contribution in [1.29, 1.82) is 0 Å². The van der Waals surface area contributed by atoms with E-state index in [1.54, 1.807) is 6.20 Å². The Morgan fingerprint density at radius 1 is 1.58 bits per heavy atom. The Balaban J connectivity index is 2.17. The SMILES string of the molecule is Cc1cc(NC(=O)C2(C(C)C)CCNC2)cnc1Cl. The van der Waals surface area contributed by atoms with Crippen molar-refractivity contribution in [2.45, 2.75) is 27.2 Å². The van der Waals surface area contributed by atoms with Crippen molar-refractivity contribution >= 4 is 23.2 Å². The first kappa shape index (κ1) is 14.3. The average molecular weight is 282 g/mol. The van der Waals surface area contributed by atoms with Crippen molar-refractivity contribution in [3.63, 3.8) is 0 Å². The largest absolute Gasteiger partial charge is 0.324 e. The molecule has 5 heteroatoms. The van der Waals surface area contributed by atoms with Gasteiger partial charge in [-0.2, -0.15) is 0 Å². The van der Waals surface area contributed by atoms with Gasteiger partial charge in [0.15, 0.2) is 0 Å². The minimum absolute atomic E-state index is 0.0658. The minimum Gasteiger partial charge on any atom is -0.324 e. The molecule has 104 valence electrons. The summed E-state index contributed by atoms with van der Waals surface area (Å²) < 4.78 is 0. The van der Waals surface area contributed by atoms with Crippen LogP contribution in [0, 0.1) is 18.3 Å². The number of pyridine rings is 1. The molecule has 0 bridgehead atoms. The zero-order valence-corrected chi connectivity index (χ0v) is 12.3. The maximum Gasteiger partial charge on any atom is 0.232 e. The van der Waals surface area contributed by atoms with Gasteiger partial charge in [-0.25, -0.2) is 4.98 Å². The van der Waals surface area contributed by atoms with Crippen LogP contribution in [0.5, 0.6) is 0 Å². The van der Waals surface area contributed by atoms with E-state index in [1.165, 1.54) is 0 Å². The standard InChI is InChI=1S/C14H20ClN3O/c1-9(2)14(4-5-16-8-14)13(19)18-11-6-10(3)12(15)17-7-11/h6-7,9,16H,4-5,8H2,1-3H3,(H,18,19). The lowest BCUT2D eigenvalue weighted by Gasteiger charge is -2.31. The molecule has 4 nitrogen and oxygen atoms in total. The van der Waals surface area contributed by atoms with Gasteiger partial charge in [0.05, 0.1) is 17.3 Å². The van der Waals surface area contributed by atoms with Gasteiger partial charge in [0.25, 0.3) is 0 Å². The van der Waals surface area contributed by atoms with Crippen LogP contribution in [0.4, 0.5) is 5.69 Å². The summed E-state index contributed by atoms with van der Waals surface area (Å²) in [4.78, 5) is 16.6. The van der Waals surface area contributed by atoms with Crippen LogP contribution in [0.15, 0.2) is 12.3 Å². The topological polar surface area (TPSA) is 54.0 Å². The van der Waals surface area contributed by atoms with E-state index >= 15 is 0 Å². The fraction of sp³-hybridized carbons (Fsp3) is 0.571. The fourth-order valence-electron chi connectivity index (χ4n) is 2.54. The van der Waals surface area contributed by atoms with Crippen LogP contribution >= 0.6 is 11.6 Å². The van der Waals surface area contributed by atoms with E-state index in [1.807, 2.05) is 13.0 Å². The summed E-state index contributed by atoms with van der Waals surface area (Å²) in [6, 6.07) is 1.85. The summed E-state index contributed by atoms with van der Waals surface area (Å²) in [6.45, 7) is 7.69. The van der Waals surface area contributed by atoms with Gasteiger partial charge in [-0.3, -0.25) is 4.79 Å². The normalized spacial score (nSPS) is 22.8. The van der Waals surface area contributed by atoms with Gasteiger partial charge in [-0.15, -0.1) is 0 Å². The van der Waals surface area contributed by atoms with Crippen LogP contribution in [0.1, 0.15) is 25.8 Å². The van der Waals surface area contributed by atoms with E-state index in [0.717, 1.165) is 25.1 Å². The number of hydrogen-bond donors (Lipinski definition) is 2. The highest BCUT2D eigenvalue weighted by Gasteiger charge is 2.43. The van der Waals surface area contributed by atoms with Crippen LogP contribution in [0.25, 0.3) is 0 Å². The molecule has 1 aliphatic heterocycles. The highest BCUT2D eigenvalue weighted by atomic mass is 35.5. The van der Waals surface area contributed by atoms with E-state index in [0.29, 0.717) is 16.8 Å². The highest BCUT2D eigenvalue weighted by Crippen LogP contribution is 2.35. The van der Waals surface area contributed by atoms with Crippen LogP contribution in [0.3, 0.4) is 0 Å². The Morgan fingerprint density at radius 3 is 2.84 bits per heavy atom. The van der Waals surface area contributed by atoms with E-state index in [-0.39, 0.29) is 11.3 Å². The Morgan fingerprint density at radius 2 is 2.32 bits per heavy atom. The molecule has 1 unspecified atom stereocenters. The van der Waals surface area contributed by atoms with Gasteiger partial charge >= 0.3 is 0 Å². The molecule has 0 saturated carbocycles. The Labute approximate surface area is 118 Å². The molecule has 0 spiro atoms. The molecular weight excluding hydrogens is 262 g/mol. The molecule has 1 fully saturated rings. The number of carbonyl (C=O) groups excluding carboxylic acids is 1. The summed E-state index contributed by atoms with van der Waals surface area (Å²) in [5.74, 6) is 0.361. The van der Waals surface area contributed by atoms with Crippen LogP contribution in [-0.4, -0.2) is 24.0 Å². The Hall–Kier alpha value is -1.13. The number of nitrogens with zero attached hydrogens (tertiary/aromatic N) is 1. The van der Waals surface area contributed by atoms with Crippen molar-refractivity contribution in [2.24, 2.45) is 11.3 Å². The smallest absolute Gasteiger partial charge is 0.232 e. The third-order valence-corrected chi connectivity index (χ3v) is 4.41. The van der Waals surface area contributed by atoms with Gasteiger partial charge in [0.2, 0.25) is 5.91 Å².